The van der Waals surface area contributed by atoms with Gasteiger partial charge in [-0.1, -0.05) is 88.1 Å². The Balaban J connectivity index is 0.00000757. The van der Waals surface area contributed by atoms with Gasteiger partial charge in [-0.25, -0.2) is 4.79 Å². The molecule has 0 aromatic heterocycles. The zero-order valence-electron chi connectivity index (χ0n) is 48.0. The third-order valence-corrected chi connectivity index (χ3v) is 21.7. The number of amides is 1. The van der Waals surface area contributed by atoms with Gasteiger partial charge in [0, 0.05) is 19.0 Å². The minimum Gasteiger partial charge on any atom is -0.481 e. The molecule has 24 unspecified atom stereocenters. The molecule has 0 aromatic carbocycles. The predicted octanol–water partition coefficient (Wildman–Crippen LogP) is 14.5. The number of nitrogens with zero attached hydrogens (tertiary/aromatic N) is 1. The number of esters is 6. The van der Waals surface area contributed by atoms with Crippen molar-refractivity contribution in [2.24, 2.45) is 136 Å². The minimum absolute atomic E-state index is 0. The number of aliphatic hydroxyl groups excluding tert-OH is 1. The average Bonchev–Trinajstić information content (AvgIpc) is 1.73. The summed E-state index contributed by atoms with van der Waals surface area (Å²) in [5.41, 5.74) is -2.31. The van der Waals surface area contributed by atoms with Gasteiger partial charge in [0.25, 0.3) is 0 Å². The van der Waals surface area contributed by atoms with Gasteiger partial charge in [0.2, 0.25) is 0 Å². The van der Waals surface area contributed by atoms with Crippen LogP contribution in [0.25, 0.3) is 0 Å². The second-order valence-corrected chi connectivity index (χ2v) is 29.2. The first-order valence-electron chi connectivity index (χ1n) is 30.0. The SMILES string of the molecule is C.C.C.C.C.C.C.C.C.C.CC1C(=O)OC(=O)C1C1C2CC(C(C(=O)OC(C)(C)C)C2C(=O)OCCC2CCCCN2C(=O)OC(C)(C)C)C1C1C2CC(CC2C(=O)O)C1C1C2CC(CC2C(=O)OCCO)C1C1C(C)C2CC(C(=O)OC(C)(C)C)C1C2. The summed E-state index contributed by atoms with van der Waals surface area (Å²) < 4.78 is 35.6. The Morgan fingerprint density at radius 2 is 0.955 bits per heavy atom. The summed E-state index contributed by atoms with van der Waals surface area (Å²) in [7, 11) is 0. The van der Waals surface area contributed by atoms with Crippen molar-refractivity contribution in [3.8, 4) is 0 Å². The van der Waals surface area contributed by atoms with E-state index < -0.39 is 112 Å². The highest BCUT2D eigenvalue weighted by atomic mass is 16.6. The van der Waals surface area contributed by atoms with Gasteiger partial charge in [-0.05, 0) is 221 Å². The molecule has 2 saturated heterocycles. The van der Waals surface area contributed by atoms with Crippen LogP contribution in [0.2, 0.25) is 0 Å². The van der Waals surface area contributed by atoms with E-state index in [-0.39, 0.29) is 183 Å². The molecule has 17 heteroatoms. The highest BCUT2D eigenvalue weighted by molar-refractivity contribution is 5.96. The third-order valence-electron chi connectivity index (χ3n) is 21.7. The van der Waals surface area contributed by atoms with Crippen LogP contribution in [0.5, 0.6) is 0 Å². The summed E-state index contributed by atoms with van der Waals surface area (Å²) in [5.74, 6) is -11.9. The van der Waals surface area contributed by atoms with E-state index in [9.17, 15) is 39.0 Å². The van der Waals surface area contributed by atoms with Crippen LogP contribution >= 0.6 is 0 Å². The Labute approximate surface area is 534 Å². The van der Waals surface area contributed by atoms with E-state index in [2.05, 4.69) is 6.92 Å². The molecule has 1 amide bonds. The molecular formula is C71H129NO16. The Kier molecular flexibility index (Phi) is 29.4. The van der Waals surface area contributed by atoms with Crippen LogP contribution in [0.1, 0.15) is 221 Å². The summed E-state index contributed by atoms with van der Waals surface area (Å²) in [5, 5.41) is 20.9. The van der Waals surface area contributed by atoms with Crippen LogP contribution in [-0.2, 0) is 62.0 Å². The van der Waals surface area contributed by atoms with Gasteiger partial charge in [-0.15, -0.1) is 0 Å². The van der Waals surface area contributed by atoms with Crippen LogP contribution in [0.15, 0.2) is 0 Å². The molecule has 10 rings (SSSR count). The summed E-state index contributed by atoms with van der Waals surface area (Å²) >= 11 is 0. The summed E-state index contributed by atoms with van der Waals surface area (Å²) in [6, 6.07) is -0.242. The smallest absolute Gasteiger partial charge is 0.410 e. The van der Waals surface area contributed by atoms with Gasteiger partial charge in [0.05, 0.1) is 54.6 Å². The molecule has 0 aromatic rings. The van der Waals surface area contributed by atoms with Crippen molar-refractivity contribution in [1.29, 1.82) is 0 Å². The van der Waals surface area contributed by atoms with Crippen molar-refractivity contribution in [2.45, 2.75) is 244 Å². The van der Waals surface area contributed by atoms with E-state index in [4.69, 9.17) is 28.4 Å². The number of ether oxygens (including phenoxy) is 6. The van der Waals surface area contributed by atoms with Gasteiger partial charge in [0.15, 0.2) is 0 Å². The molecular weight excluding hydrogens is 1120 g/mol. The van der Waals surface area contributed by atoms with Gasteiger partial charge in [-0.3, -0.25) is 33.6 Å². The lowest BCUT2D eigenvalue weighted by molar-refractivity contribution is -0.179. The van der Waals surface area contributed by atoms with Crippen LogP contribution in [0, 0.1) is 136 Å². The number of hydrogen-bond donors (Lipinski definition) is 2. The molecule has 8 saturated carbocycles. The molecule has 17 nitrogen and oxygen atoms in total. The van der Waals surface area contributed by atoms with Crippen molar-refractivity contribution >= 4 is 47.9 Å². The Hall–Kier alpha value is -4.28. The quantitative estimate of drug-likeness (QED) is 0.0934. The molecule has 0 spiro atoms. The lowest BCUT2D eigenvalue weighted by Gasteiger charge is -2.54. The molecule has 2 aliphatic heterocycles. The summed E-state index contributed by atoms with van der Waals surface area (Å²) in [6.45, 7) is 20.5. The highest BCUT2D eigenvalue weighted by Crippen LogP contribution is 2.76. The van der Waals surface area contributed by atoms with Crippen molar-refractivity contribution in [3.63, 3.8) is 0 Å². The number of hydrogen-bond acceptors (Lipinski definition) is 15. The van der Waals surface area contributed by atoms with Gasteiger partial charge >= 0.3 is 47.9 Å². The van der Waals surface area contributed by atoms with Crippen molar-refractivity contribution < 1.29 is 77.0 Å². The number of cyclic esters (lactones) is 2. The van der Waals surface area contributed by atoms with E-state index in [1.54, 1.807) is 32.6 Å². The number of aliphatic hydroxyl groups is 1. The lowest BCUT2D eigenvalue weighted by Crippen LogP contribution is -2.54. The highest BCUT2D eigenvalue weighted by Gasteiger charge is 2.75. The Morgan fingerprint density at radius 3 is 1.49 bits per heavy atom. The van der Waals surface area contributed by atoms with Crippen LogP contribution in [0.3, 0.4) is 0 Å². The molecule has 2 N–H and O–H groups in total. The number of carbonyl (C=O) groups excluding carboxylic acids is 7. The Morgan fingerprint density at radius 1 is 0.500 bits per heavy atom. The van der Waals surface area contributed by atoms with Crippen LogP contribution in [0.4, 0.5) is 4.79 Å². The van der Waals surface area contributed by atoms with Crippen LogP contribution in [-0.4, -0.2) is 112 Å². The number of piperidine rings is 1. The van der Waals surface area contributed by atoms with E-state index >= 15 is 9.59 Å². The van der Waals surface area contributed by atoms with Crippen LogP contribution < -0.4 is 0 Å². The topological polar surface area (TPSA) is 236 Å². The fraction of sp³-hybridized carbons (Fsp3) is 0.887. The lowest BCUT2D eigenvalue weighted by atomic mass is 9.50. The molecule has 514 valence electrons. The largest absolute Gasteiger partial charge is 0.481 e. The molecule has 10 aliphatic rings. The zero-order chi connectivity index (χ0) is 56.4. The van der Waals surface area contributed by atoms with E-state index in [1.165, 1.54) is 0 Å². The number of carboxylic acids is 1. The van der Waals surface area contributed by atoms with E-state index in [1.807, 2.05) is 41.5 Å². The molecule has 88 heavy (non-hydrogen) atoms. The number of aliphatic carboxylic acids is 1. The first-order chi connectivity index (χ1) is 36.6. The number of carbonyl (C=O) groups is 8. The van der Waals surface area contributed by atoms with Gasteiger partial charge in [-0.2, -0.15) is 0 Å². The normalized spacial score (nSPS) is 38.3. The fourth-order valence-corrected chi connectivity index (χ4v) is 19.8. The average molecular weight is 1250 g/mol. The first kappa shape index (κ1) is 83.7. The van der Waals surface area contributed by atoms with Gasteiger partial charge in [0.1, 0.15) is 23.4 Å². The predicted molar refractivity (Wildman–Crippen MR) is 346 cm³/mol. The number of carboxylic acid groups (broad SMARTS) is 1. The monoisotopic (exact) mass is 1250 g/mol. The molecule has 24 atom stereocenters. The van der Waals surface area contributed by atoms with Crippen molar-refractivity contribution in [3.05, 3.63) is 0 Å². The molecule has 2 heterocycles. The summed E-state index contributed by atoms with van der Waals surface area (Å²) in [6.07, 6.45) is 6.76. The maximum absolute atomic E-state index is 15.1. The first-order valence-corrected chi connectivity index (χ1v) is 30.0. The standard InChI is InChI=1S/C61H89NO16.10CH4/c1-27-29-20-34(38(21-29)54(68)76-59(3,4)5)41(27)43-31-23-35(37(25-31)53(67)74-19-17-63)45(43)44-30-22-33(36(24-30)51(64)65)46(44)48-40-26-39(47(48)42-28(2)52(66)75-56(42)70)49(50(40)57(71)77-60(6,7)8)55(69)73-18-15-32-14-12-13-16-62(32)58(72)78-61(9,10)11;;;;;;;;;;/h27-50,63H,12-26H2,1-11H3,(H,64,65);10*1H4. The molecule has 8 bridgehead atoms. The van der Waals surface area contributed by atoms with Gasteiger partial charge < -0.3 is 43.5 Å². The second-order valence-electron chi connectivity index (χ2n) is 29.2. The maximum Gasteiger partial charge on any atom is 0.410 e. The maximum atomic E-state index is 15.1. The number of fused-ring (bicyclic) bond motifs is 8. The fourth-order valence-electron chi connectivity index (χ4n) is 19.8. The van der Waals surface area contributed by atoms with Crippen molar-refractivity contribution in [2.75, 3.05) is 26.4 Å². The number of rotatable bonds is 14. The van der Waals surface area contributed by atoms with Crippen molar-refractivity contribution in [1.82, 2.24) is 4.90 Å². The third kappa shape index (κ3) is 15.1. The molecule has 10 fully saturated rings. The zero-order valence-corrected chi connectivity index (χ0v) is 48.0. The van der Waals surface area contributed by atoms with E-state index in [0.717, 1.165) is 32.1 Å². The second kappa shape index (κ2) is 30.9. The Bertz CT molecular complexity index is 2390. The molecule has 8 aliphatic carbocycles. The minimum atomic E-state index is -1.05. The number of likely N-dealkylation sites (tertiary alicyclic amines) is 1. The van der Waals surface area contributed by atoms with E-state index in [0.29, 0.717) is 51.0 Å². The summed E-state index contributed by atoms with van der Waals surface area (Å²) in [4.78, 5) is 115. The molecule has 0 radical (unpaired) electrons.